The van der Waals surface area contributed by atoms with E-state index in [2.05, 4.69) is 15.3 Å². The molecule has 0 aliphatic carbocycles. The van der Waals surface area contributed by atoms with Crippen molar-refractivity contribution < 1.29 is 14.2 Å². The van der Waals surface area contributed by atoms with Gasteiger partial charge in [0, 0.05) is 26.5 Å². The topological polar surface area (TPSA) is 94.5 Å². The molecule has 0 spiro atoms. The summed E-state index contributed by atoms with van der Waals surface area (Å²) in [5.41, 5.74) is 2.88. The minimum Gasteiger partial charge on any atom is -0.396 e. The minimum atomic E-state index is -0.339. The third kappa shape index (κ3) is 3.04. The lowest BCUT2D eigenvalue weighted by Crippen LogP contribution is -2.22. The monoisotopic (exact) mass is 383 g/mol. The van der Waals surface area contributed by atoms with E-state index in [0.29, 0.717) is 35.4 Å². The second-order valence-electron chi connectivity index (χ2n) is 6.32. The van der Waals surface area contributed by atoms with E-state index in [-0.39, 0.29) is 30.1 Å². The highest BCUT2D eigenvalue weighted by Gasteiger charge is 2.19. The van der Waals surface area contributed by atoms with Crippen molar-refractivity contribution in [3.63, 3.8) is 0 Å². The number of nitrogens with zero attached hydrogens (tertiary/aromatic N) is 5. The summed E-state index contributed by atoms with van der Waals surface area (Å²) < 4.78 is 21.6. The average Bonchev–Trinajstić information content (AvgIpc) is 3.07. The Balaban J connectivity index is 1.96. The zero-order valence-corrected chi connectivity index (χ0v) is 15.2. The average molecular weight is 383 g/mol. The van der Waals surface area contributed by atoms with E-state index < -0.39 is 0 Å². The van der Waals surface area contributed by atoms with Gasteiger partial charge in [0.1, 0.15) is 11.3 Å². The van der Waals surface area contributed by atoms with Crippen LogP contribution in [0.5, 0.6) is 0 Å². The lowest BCUT2D eigenvalue weighted by atomic mass is 10.1. The summed E-state index contributed by atoms with van der Waals surface area (Å²) in [4.78, 5) is 12.7. The summed E-state index contributed by atoms with van der Waals surface area (Å²) in [6.07, 6.45) is 2.12. The van der Waals surface area contributed by atoms with Gasteiger partial charge in [-0.25, -0.2) is 8.91 Å². The molecule has 0 atom stereocenters. The first-order valence-electron chi connectivity index (χ1n) is 8.77. The minimum absolute atomic E-state index is 0.00421. The molecule has 0 bridgehead atoms. The second-order valence-corrected chi connectivity index (χ2v) is 6.32. The smallest absolute Gasteiger partial charge is 0.280 e. The summed E-state index contributed by atoms with van der Waals surface area (Å²) in [6.45, 7) is 0.612. The van der Waals surface area contributed by atoms with E-state index in [1.807, 2.05) is 0 Å². The van der Waals surface area contributed by atoms with Crippen LogP contribution >= 0.6 is 0 Å². The van der Waals surface area contributed by atoms with Crippen molar-refractivity contribution in [1.29, 1.82) is 0 Å². The van der Waals surface area contributed by atoms with Crippen LogP contribution in [0.15, 0.2) is 41.3 Å². The Morgan fingerprint density at radius 3 is 2.68 bits per heavy atom. The summed E-state index contributed by atoms with van der Waals surface area (Å²) in [5, 5.41) is 21.9. The fraction of sp³-hybridized carbons (Fsp3) is 0.263. The predicted octanol–water partition coefficient (Wildman–Crippen LogP) is 1.77. The first-order chi connectivity index (χ1) is 13.6. The number of aromatic nitrogens is 5. The van der Waals surface area contributed by atoms with E-state index in [1.165, 1.54) is 16.7 Å². The van der Waals surface area contributed by atoms with Crippen molar-refractivity contribution in [2.45, 2.75) is 19.6 Å². The second kappa shape index (κ2) is 7.45. The Labute approximate surface area is 158 Å². The summed E-state index contributed by atoms with van der Waals surface area (Å²) in [7, 11) is 1.56. The quantitative estimate of drug-likeness (QED) is 0.545. The third-order valence-electron chi connectivity index (χ3n) is 4.50. The number of hydrogen-bond donors (Lipinski definition) is 1. The Bertz CT molecular complexity index is 1200. The molecular formula is C19H18FN5O3. The summed E-state index contributed by atoms with van der Waals surface area (Å²) in [6, 6.07) is 7.76. The molecule has 4 aromatic rings. The maximum absolute atomic E-state index is 13.3. The van der Waals surface area contributed by atoms with Crippen LogP contribution in [0.1, 0.15) is 12.1 Å². The van der Waals surface area contributed by atoms with Crippen LogP contribution < -0.4 is 5.56 Å². The van der Waals surface area contributed by atoms with Crippen molar-refractivity contribution in [2.24, 2.45) is 0 Å². The molecule has 9 heteroatoms. The normalized spacial score (nSPS) is 11.5. The van der Waals surface area contributed by atoms with Crippen molar-refractivity contribution in [3.8, 4) is 11.1 Å². The fourth-order valence-electron chi connectivity index (χ4n) is 3.20. The van der Waals surface area contributed by atoms with Crippen molar-refractivity contribution in [1.82, 2.24) is 24.4 Å². The number of halogens is 1. The van der Waals surface area contributed by atoms with E-state index in [1.54, 1.807) is 36.0 Å². The molecule has 0 aliphatic rings. The molecule has 0 saturated heterocycles. The first-order valence-corrected chi connectivity index (χ1v) is 8.77. The van der Waals surface area contributed by atoms with Gasteiger partial charge in [0.05, 0.1) is 17.9 Å². The standard InChI is InChI=1S/C19H18FN5O3/c1-28-11-14-16(12-3-5-13(20)6-4-12)18-22-21-17-15(25(18)23-14)7-9-24(19(17)27)8-2-10-26/h3-7,9,26H,2,8,10-11H2,1H3. The van der Waals surface area contributed by atoms with Crippen LogP contribution in [0.3, 0.4) is 0 Å². The van der Waals surface area contributed by atoms with Gasteiger partial charge in [-0.05, 0) is 30.2 Å². The van der Waals surface area contributed by atoms with E-state index in [9.17, 15) is 9.18 Å². The van der Waals surface area contributed by atoms with Gasteiger partial charge < -0.3 is 14.4 Å². The molecule has 144 valence electrons. The molecule has 28 heavy (non-hydrogen) atoms. The number of aliphatic hydroxyl groups is 1. The molecule has 0 saturated carbocycles. The van der Waals surface area contributed by atoms with Crippen molar-refractivity contribution >= 4 is 16.7 Å². The van der Waals surface area contributed by atoms with Crippen LogP contribution in [0.4, 0.5) is 4.39 Å². The van der Waals surface area contributed by atoms with Crippen LogP contribution in [-0.4, -0.2) is 43.2 Å². The lowest BCUT2D eigenvalue weighted by molar-refractivity contribution is 0.181. The Kier molecular flexibility index (Phi) is 4.84. The number of aryl methyl sites for hydroxylation is 1. The van der Waals surface area contributed by atoms with Crippen LogP contribution in [0.25, 0.3) is 27.8 Å². The van der Waals surface area contributed by atoms with Crippen molar-refractivity contribution in [3.05, 3.63) is 58.4 Å². The van der Waals surface area contributed by atoms with Gasteiger partial charge in [0.25, 0.3) is 5.56 Å². The Morgan fingerprint density at radius 2 is 1.96 bits per heavy atom. The number of aliphatic hydroxyl groups excluding tert-OH is 1. The van der Waals surface area contributed by atoms with Gasteiger partial charge in [-0.2, -0.15) is 5.10 Å². The van der Waals surface area contributed by atoms with E-state index in [4.69, 9.17) is 9.84 Å². The maximum atomic E-state index is 13.3. The molecule has 4 rings (SSSR count). The molecule has 0 amide bonds. The summed E-state index contributed by atoms with van der Waals surface area (Å²) in [5.74, 6) is -0.339. The van der Waals surface area contributed by atoms with Gasteiger partial charge in [0.2, 0.25) is 0 Å². The van der Waals surface area contributed by atoms with Gasteiger partial charge in [0.15, 0.2) is 11.2 Å². The van der Waals surface area contributed by atoms with Gasteiger partial charge in [-0.15, -0.1) is 10.2 Å². The molecule has 3 aromatic heterocycles. The zero-order valence-electron chi connectivity index (χ0n) is 15.2. The molecule has 3 heterocycles. The number of pyridine rings is 1. The number of hydrogen-bond acceptors (Lipinski definition) is 6. The van der Waals surface area contributed by atoms with Crippen molar-refractivity contribution in [2.75, 3.05) is 13.7 Å². The predicted molar refractivity (Wildman–Crippen MR) is 100 cm³/mol. The molecule has 1 aromatic carbocycles. The fourth-order valence-corrected chi connectivity index (χ4v) is 3.20. The summed E-state index contributed by atoms with van der Waals surface area (Å²) >= 11 is 0. The lowest BCUT2D eigenvalue weighted by Gasteiger charge is -2.06. The number of methoxy groups -OCH3 is 1. The maximum Gasteiger partial charge on any atom is 0.280 e. The highest BCUT2D eigenvalue weighted by molar-refractivity contribution is 5.84. The van der Waals surface area contributed by atoms with Crippen LogP contribution in [-0.2, 0) is 17.9 Å². The number of ether oxygens (including phenoxy) is 1. The molecule has 0 aliphatic heterocycles. The van der Waals surface area contributed by atoms with Crippen LogP contribution in [0, 0.1) is 5.82 Å². The molecule has 0 radical (unpaired) electrons. The molecule has 8 nitrogen and oxygen atoms in total. The van der Waals surface area contributed by atoms with E-state index >= 15 is 0 Å². The molecule has 1 N–H and O–H groups in total. The molecular weight excluding hydrogens is 365 g/mol. The first kappa shape index (κ1) is 18.2. The van der Waals surface area contributed by atoms with Gasteiger partial charge in [-0.1, -0.05) is 12.1 Å². The largest absolute Gasteiger partial charge is 0.396 e. The number of benzene rings is 1. The Morgan fingerprint density at radius 1 is 1.18 bits per heavy atom. The third-order valence-corrected chi connectivity index (χ3v) is 4.50. The highest BCUT2D eigenvalue weighted by atomic mass is 19.1. The zero-order chi connectivity index (χ0) is 19.7. The van der Waals surface area contributed by atoms with Crippen LogP contribution in [0.2, 0.25) is 0 Å². The van der Waals surface area contributed by atoms with E-state index in [0.717, 1.165) is 5.56 Å². The highest BCUT2D eigenvalue weighted by Crippen LogP contribution is 2.29. The van der Waals surface area contributed by atoms with Gasteiger partial charge >= 0.3 is 0 Å². The number of fused-ring (bicyclic) bond motifs is 3. The molecule has 0 fully saturated rings. The number of rotatable bonds is 6. The Hall–Kier alpha value is -3.17. The SMILES string of the molecule is COCc1nn2c(nnc3c(=O)n(CCCO)ccc32)c1-c1ccc(F)cc1. The molecule has 0 unspecified atom stereocenters. The van der Waals surface area contributed by atoms with Gasteiger partial charge in [-0.3, -0.25) is 4.79 Å².